The van der Waals surface area contributed by atoms with E-state index in [0.717, 1.165) is 24.9 Å². The lowest BCUT2D eigenvalue weighted by molar-refractivity contribution is -0.137. The molecule has 0 radical (unpaired) electrons. The van der Waals surface area contributed by atoms with Crippen molar-refractivity contribution < 1.29 is 4.79 Å². The van der Waals surface area contributed by atoms with Crippen molar-refractivity contribution >= 4 is 5.91 Å². The maximum Gasteiger partial charge on any atom is 0.227 e. The summed E-state index contributed by atoms with van der Waals surface area (Å²) in [7, 11) is 0. The topological polar surface area (TPSA) is 49.0 Å². The van der Waals surface area contributed by atoms with E-state index in [1.54, 1.807) is 0 Å². The Morgan fingerprint density at radius 2 is 2.00 bits per heavy atom. The van der Waals surface area contributed by atoms with Gasteiger partial charge in [-0.1, -0.05) is 27.7 Å². The summed E-state index contributed by atoms with van der Waals surface area (Å²) in [4.78, 5) is 15.1. The highest BCUT2D eigenvalue weighted by atomic mass is 16.2. The first kappa shape index (κ1) is 13.7. The second-order valence-corrected chi connectivity index (χ2v) is 7.45. The quantitative estimate of drug-likeness (QED) is 0.901. The minimum atomic E-state index is 0.114. The lowest BCUT2D eigenvalue weighted by atomic mass is 9.96. The highest BCUT2D eigenvalue weighted by molar-refractivity contribution is 5.84. The molecule has 3 rings (SSSR count). The van der Waals surface area contributed by atoms with Gasteiger partial charge < -0.3 is 4.90 Å². The molecule has 2 fully saturated rings. The lowest BCUT2D eigenvalue weighted by Gasteiger charge is -2.36. The summed E-state index contributed by atoms with van der Waals surface area (Å²) < 4.78 is 0. The van der Waals surface area contributed by atoms with Gasteiger partial charge in [0.15, 0.2) is 0 Å². The van der Waals surface area contributed by atoms with E-state index in [0.29, 0.717) is 5.91 Å². The predicted molar refractivity (Wildman–Crippen MR) is 77.9 cm³/mol. The normalized spacial score (nSPS) is 28.4. The van der Waals surface area contributed by atoms with E-state index >= 15 is 0 Å². The molecule has 0 unspecified atom stereocenters. The zero-order chi connectivity index (χ0) is 14.5. The Balaban J connectivity index is 1.83. The predicted octanol–water partition coefficient (Wildman–Crippen LogP) is 3.15. The molecule has 2 aliphatic rings. The smallest absolute Gasteiger partial charge is 0.227 e. The third-order valence-electron chi connectivity index (χ3n) is 5.96. The second kappa shape index (κ2) is 4.34. The van der Waals surface area contributed by atoms with Crippen LogP contribution in [0.5, 0.6) is 0 Å². The summed E-state index contributed by atoms with van der Waals surface area (Å²) in [5, 5.41) is 6.92. The van der Waals surface area contributed by atoms with Gasteiger partial charge in [-0.25, -0.2) is 0 Å². The molecule has 1 aromatic heterocycles. The highest BCUT2D eigenvalue weighted by Crippen LogP contribution is 2.69. The summed E-state index contributed by atoms with van der Waals surface area (Å²) in [5.74, 6) is 0.494. The van der Waals surface area contributed by atoms with E-state index in [1.165, 1.54) is 6.42 Å². The highest BCUT2D eigenvalue weighted by Gasteiger charge is 2.69. The van der Waals surface area contributed by atoms with Crippen molar-refractivity contribution in [2.45, 2.75) is 53.0 Å². The van der Waals surface area contributed by atoms with Crippen LogP contribution in [0.1, 0.15) is 58.6 Å². The van der Waals surface area contributed by atoms with Gasteiger partial charge in [-0.05, 0) is 30.1 Å². The average molecular weight is 275 g/mol. The van der Waals surface area contributed by atoms with Crippen LogP contribution in [0, 0.1) is 16.7 Å². The molecule has 1 aliphatic heterocycles. The zero-order valence-corrected chi connectivity index (χ0v) is 12.9. The summed E-state index contributed by atoms with van der Waals surface area (Å²) in [5.41, 5.74) is 1.37. The minimum Gasteiger partial charge on any atom is -0.335 e. The summed E-state index contributed by atoms with van der Waals surface area (Å²) in [6.45, 7) is 9.74. The molecule has 20 heavy (non-hydrogen) atoms. The number of hydrogen-bond acceptors (Lipinski definition) is 2. The number of H-pyrrole nitrogens is 1. The first-order valence-electron chi connectivity index (χ1n) is 7.66. The first-order valence-corrected chi connectivity index (χ1v) is 7.66. The monoisotopic (exact) mass is 275 g/mol. The number of amides is 1. The van der Waals surface area contributed by atoms with E-state index < -0.39 is 0 Å². The molecule has 4 nitrogen and oxygen atoms in total. The van der Waals surface area contributed by atoms with Crippen molar-refractivity contribution in [3.8, 4) is 0 Å². The van der Waals surface area contributed by atoms with Gasteiger partial charge in [0.05, 0.1) is 12.2 Å². The van der Waals surface area contributed by atoms with E-state index in [2.05, 4.69) is 42.8 Å². The second-order valence-electron chi connectivity index (χ2n) is 7.45. The van der Waals surface area contributed by atoms with Gasteiger partial charge in [-0.15, -0.1) is 0 Å². The molecule has 1 aromatic rings. The molecule has 1 aliphatic carbocycles. The molecule has 2 heterocycles. The molecule has 1 atom stereocenters. The Labute approximate surface area is 120 Å². The largest absolute Gasteiger partial charge is 0.335 e. The molecule has 1 amide bonds. The average Bonchev–Trinajstić information content (AvgIpc) is 2.81. The lowest BCUT2D eigenvalue weighted by Crippen LogP contribution is -2.40. The maximum absolute atomic E-state index is 13.0. The third-order valence-corrected chi connectivity index (χ3v) is 5.96. The Morgan fingerprint density at radius 1 is 1.30 bits per heavy atom. The van der Waals surface area contributed by atoms with Crippen LogP contribution in [0.15, 0.2) is 12.4 Å². The number of aromatic amines is 1. The molecule has 0 aromatic carbocycles. The number of nitrogens with zero attached hydrogens (tertiary/aromatic N) is 2. The number of likely N-dealkylation sites (tertiary alicyclic amines) is 1. The van der Waals surface area contributed by atoms with E-state index in [4.69, 9.17) is 0 Å². The fraction of sp³-hybridized carbons (Fsp3) is 0.750. The van der Waals surface area contributed by atoms with Crippen molar-refractivity contribution in [2.24, 2.45) is 16.7 Å². The Kier molecular flexibility index (Phi) is 2.96. The van der Waals surface area contributed by atoms with Gasteiger partial charge >= 0.3 is 0 Å². The molecule has 0 bridgehead atoms. The van der Waals surface area contributed by atoms with Crippen LogP contribution in [0.2, 0.25) is 0 Å². The van der Waals surface area contributed by atoms with Crippen molar-refractivity contribution in [2.75, 3.05) is 6.54 Å². The van der Waals surface area contributed by atoms with Gasteiger partial charge in [0.25, 0.3) is 0 Å². The van der Waals surface area contributed by atoms with Crippen LogP contribution in [-0.4, -0.2) is 27.5 Å². The Bertz CT molecular complexity index is 490. The van der Waals surface area contributed by atoms with Crippen LogP contribution in [0.4, 0.5) is 0 Å². The van der Waals surface area contributed by atoms with E-state index in [1.807, 2.05) is 12.4 Å². The zero-order valence-electron chi connectivity index (χ0n) is 12.9. The van der Waals surface area contributed by atoms with Crippen molar-refractivity contribution in [1.29, 1.82) is 0 Å². The van der Waals surface area contributed by atoms with Crippen LogP contribution in [-0.2, 0) is 4.79 Å². The fourth-order valence-electron chi connectivity index (χ4n) is 3.96. The molecule has 1 saturated heterocycles. The van der Waals surface area contributed by atoms with E-state index in [9.17, 15) is 4.79 Å². The summed E-state index contributed by atoms with van der Waals surface area (Å²) in [6, 6.07) is 0.210. The van der Waals surface area contributed by atoms with Gasteiger partial charge in [-0.3, -0.25) is 9.89 Å². The van der Waals surface area contributed by atoms with Crippen molar-refractivity contribution in [3.63, 3.8) is 0 Å². The number of carbonyl (C=O) groups excluding carboxylic acids is 1. The SMILES string of the molecule is CC1(C)C(C(=O)N2CCCC[C@H]2c2cn[nH]c2)C1(C)C. The molecular formula is C16H25N3O. The van der Waals surface area contributed by atoms with Crippen LogP contribution in [0.3, 0.4) is 0 Å². The number of piperidine rings is 1. The number of hydrogen-bond donors (Lipinski definition) is 1. The van der Waals surface area contributed by atoms with Crippen molar-refractivity contribution in [3.05, 3.63) is 18.0 Å². The van der Waals surface area contributed by atoms with Gasteiger partial charge in [0.2, 0.25) is 5.91 Å². The van der Waals surface area contributed by atoms with Gasteiger partial charge in [0.1, 0.15) is 0 Å². The van der Waals surface area contributed by atoms with Crippen molar-refractivity contribution in [1.82, 2.24) is 15.1 Å². The summed E-state index contributed by atoms with van der Waals surface area (Å²) in [6.07, 6.45) is 7.16. The molecule has 1 N–H and O–H groups in total. The molecule has 1 saturated carbocycles. The number of rotatable bonds is 2. The van der Waals surface area contributed by atoms with Gasteiger partial charge in [-0.2, -0.15) is 5.10 Å². The fourth-order valence-corrected chi connectivity index (χ4v) is 3.96. The minimum absolute atomic E-state index is 0.114. The molecular weight excluding hydrogens is 250 g/mol. The molecule has 4 heteroatoms. The van der Waals surface area contributed by atoms with Crippen LogP contribution >= 0.6 is 0 Å². The number of aromatic nitrogens is 2. The third kappa shape index (κ3) is 1.80. The van der Waals surface area contributed by atoms with E-state index in [-0.39, 0.29) is 22.8 Å². The molecule has 0 spiro atoms. The number of carbonyl (C=O) groups is 1. The number of nitrogens with one attached hydrogen (secondary N) is 1. The van der Waals surface area contributed by atoms with Crippen LogP contribution < -0.4 is 0 Å². The Morgan fingerprint density at radius 3 is 2.55 bits per heavy atom. The van der Waals surface area contributed by atoms with Crippen LogP contribution in [0.25, 0.3) is 0 Å². The maximum atomic E-state index is 13.0. The first-order chi connectivity index (χ1) is 9.37. The summed E-state index contributed by atoms with van der Waals surface area (Å²) >= 11 is 0. The van der Waals surface area contributed by atoms with Gasteiger partial charge in [0, 0.05) is 24.2 Å². The Hall–Kier alpha value is -1.32. The standard InChI is InChI=1S/C16H25N3O/c1-15(2)13(16(15,3)4)14(20)19-8-6-5-7-12(19)11-9-17-18-10-11/h9-10,12-13H,5-8H2,1-4H3,(H,17,18)/t12-/m0/s1. The molecule has 110 valence electrons.